The van der Waals surface area contributed by atoms with E-state index in [0.29, 0.717) is 19.3 Å². The minimum atomic E-state index is -0.842. The molecule has 0 rings (SSSR count). The van der Waals surface area contributed by atoms with Gasteiger partial charge in [0, 0.05) is 6.42 Å². The van der Waals surface area contributed by atoms with Gasteiger partial charge >= 0.3 is 5.97 Å². The molecule has 4 nitrogen and oxygen atoms in total. The van der Waals surface area contributed by atoms with E-state index in [1.54, 1.807) is 36.5 Å². The number of carbonyl (C=O) groups is 1. The molecule has 2 atom stereocenters. The van der Waals surface area contributed by atoms with Gasteiger partial charge in [-0.1, -0.05) is 68.4 Å². The second kappa shape index (κ2) is 16.2. The van der Waals surface area contributed by atoms with E-state index in [4.69, 9.17) is 5.11 Å². The average molecular weight is 336 g/mol. The Bertz CT molecular complexity index is 421. The summed E-state index contributed by atoms with van der Waals surface area (Å²) in [6, 6.07) is 0. The predicted octanol–water partition coefficient (Wildman–Crippen LogP) is 4.16. The zero-order valence-corrected chi connectivity index (χ0v) is 14.7. The van der Waals surface area contributed by atoms with Gasteiger partial charge in [0.25, 0.3) is 0 Å². The highest BCUT2D eigenvalue weighted by atomic mass is 16.4. The Kier molecular flexibility index (Phi) is 15.1. The van der Waals surface area contributed by atoms with Crippen LogP contribution in [0.15, 0.2) is 48.6 Å². The first-order valence-corrected chi connectivity index (χ1v) is 8.80. The van der Waals surface area contributed by atoms with Crippen molar-refractivity contribution in [1.29, 1.82) is 0 Å². The fourth-order valence-corrected chi connectivity index (χ4v) is 2.02. The third-order valence-electron chi connectivity index (χ3n) is 3.41. The molecule has 4 heteroatoms. The summed E-state index contributed by atoms with van der Waals surface area (Å²) < 4.78 is 0. The Morgan fingerprint density at radius 3 is 2.21 bits per heavy atom. The average Bonchev–Trinajstić information content (AvgIpc) is 2.53. The van der Waals surface area contributed by atoms with E-state index < -0.39 is 18.2 Å². The van der Waals surface area contributed by atoms with Crippen molar-refractivity contribution in [3.63, 3.8) is 0 Å². The minimum Gasteiger partial charge on any atom is -0.481 e. The van der Waals surface area contributed by atoms with Crippen LogP contribution in [0.5, 0.6) is 0 Å². The van der Waals surface area contributed by atoms with E-state index in [-0.39, 0.29) is 6.42 Å². The Morgan fingerprint density at radius 2 is 1.58 bits per heavy atom. The van der Waals surface area contributed by atoms with E-state index in [9.17, 15) is 15.0 Å². The lowest BCUT2D eigenvalue weighted by Gasteiger charge is -2.02. The Hall–Kier alpha value is -1.65. The number of aliphatic hydroxyl groups is 2. The fourth-order valence-electron chi connectivity index (χ4n) is 2.02. The van der Waals surface area contributed by atoms with Crippen molar-refractivity contribution in [2.45, 2.75) is 70.5 Å². The van der Waals surface area contributed by atoms with Crippen molar-refractivity contribution in [3.8, 4) is 0 Å². The second-order valence-electron chi connectivity index (χ2n) is 5.78. The summed E-state index contributed by atoms with van der Waals surface area (Å²) in [5.74, 6) is -0.842. The van der Waals surface area contributed by atoms with E-state index in [2.05, 4.69) is 13.0 Å². The highest BCUT2D eigenvalue weighted by molar-refractivity contribution is 5.66. The molecule has 0 aromatic heterocycles. The summed E-state index contributed by atoms with van der Waals surface area (Å²) in [5.41, 5.74) is 0. The molecular formula is C20H32O4. The zero-order chi connectivity index (χ0) is 18.0. The highest BCUT2D eigenvalue weighted by Gasteiger charge is 2.01. The maximum absolute atomic E-state index is 10.3. The lowest BCUT2D eigenvalue weighted by molar-refractivity contribution is -0.137. The van der Waals surface area contributed by atoms with E-state index >= 15 is 0 Å². The highest BCUT2D eigenvalue weighted by Crippen LogP contribution is 2.03. The van der Waals surface area contributed by atoms with E-state index in [1.165, 1.54) is 19.3 Å². The summed E-state index contributed by atoms with van der Waals surface area (Å²) in [6.45, 7) is 2.18. The first kappa shape index (κ1) is 22.4. The van der Waals surface area contributed by atoms with Gasteiger partial charge in [-0.3, -0.25) is 4.79 Å². The van der Waals surface area contributed by atoms with Crippen molar-refractivity contribution in [2.75, 3.05) is 0 Å². The van der Waals surface area contributed by atoms with Crippen LogP contribution < -0.4 is 0 Å². The molecule has 0 spiro atoms. The maximum atomic E-state index is 10.3. The van der Waals surface area contributed by atoms with Crippen LogP contribution in [0.25, 0.3) is 0 Å². The van der Waals surface area contributed by atoms with Crippen LogP contribution in [0.3, 0.4) is 0 Å². The maximum Gasteiger partial charge on any atom is 0.303 e. The lowest BCUT2D eigenvalue weighted by atomic mass is 10.1. The minimum absolute atomic E-state index is 0.0778. The number of unbranched alkanes of at least 4 members (excludes halogenated alkanes) is 3. The molecule has 2 unspecified atom stereocenters. The van der Waals surface area contributed by atoms with Gasteiger partial charge in [-0.15, -0.1) is 0 Å². The number of allylic oxidation sites excluding steroid dienone is 5. The van der Waals surface area contributed by atoms with Crippen LogP contribution in [0, 0.1) is 0 Å². The van der Waals surface area contributed by atoms with Crippen molar-refractivity contribution in [2.24, 2.45) is 0 Å². The molecule has 0 aromatic rings. The summed E-state index contributed by atoms with van der Waals surface area (Å²) in [5, 5.41) is 27.9. The normalized spacial score (nSPS) is 15.1. The number of aliphatic carboxylic acids is 1. The van der Waals surface area contributed by atoms with Crippen LogP contribution in [-0.2, 0) is 4.79 Å². The van der Waals surface area contributed by atoms with Crippen molar-refractivity contribution >= 4 is 5.97 Å². The molecule has 3 N–H and O–H groups in total. The summed E-state index contributed by atoms with van der Waals surface area (Å²) in [4.78, 5) is 10.3. The van der Waals surface area contributed by atoms with Crippen LogP contribution in [0.4, 0.5) is 0 Å². The van der Waals surface area contributed by atoms with E-state index in [0.717, 1.165) is 6.42 Å². The van der Waals surface area contributed by atoms with Crippen LogP contribution in [0.1, 0.15) is 58.3 Å². The monoisotopic (exact) mass is 336 g/mol. The first-order valence-electron chi connectivity index (χ1n) is 8.80. The molecule has 24 heavy (non-hydrogen) atoms. The van der Waals surface area contributed by atoms with Crippen LogP contribution in [0.2, 0.25) is 0 Å². The van der Waals surface area contributed by atoms with E-state index in [1.807, 2.05) is 6.08 Å². The van der Waals surface area contributed by atoms with Crippen LogP contribution in [-0.4, -0.2) is 33.5 Å². The standard InChI is InChI=1S/C20H32O4/c1-2-3-4-5-6-9-13-18(21)14-10-7-8-11-15-19(22)16-12-17-20(23)24/h6-11,14-15,18-19,21-22H,2-5,12-13,16-17H2,1H3,(H,23,24)/b8-7+,9-6-,14-10+,15-11-. The summed E-state index contributed by atoms with van der Waals surface area (Å²) >= 11 is 0. The molecule has 0 bridgehead atoms. The number of hydrogen-bond donors (Lipinski definition) is 3. The van der Waals surface area contributed by atoms with Gasteiger partial charge in [0.2, 0.25) is 0 Å². The molecule has 0 fully saturated rings. The largest absolute Gasteiger partial charge is 0.481 e. The predicted molar refractivity (Wildman–Crippen MR) is 98.8 cm³/mol. The van der Waals surface area contributed by atoms with Crippen molar-refractivity contribution in [1.82, 2.24) is 0 Å². The topological polar surface area (TPSA) is 77.8 Å². The van der Waals surface area contributed by atoms with Crippen molar-refractivity contribution in [3.05, 3.63) is 48.6 Å². The molecule has 0 aliphatic carbocycles. The number of carboxylic acid groups (broad SMARTS) is 1. The number of carboxylic acids is 1. The van der Waals surface area contributed by atoms with Crippen LogP contribution >= 0.6 is 0 Å². The SMILES string of the molecule is CCCCC/C=C\CC(O)/C=C/C=C/C=C\C(O)CCCC(=O)O. The summed E-state index contributed by atoms with van der Waals surface area (Å²) in [6.07, 6.45) is 19.8. The molecule has 0 aliphatic rings. The molecule has 0 saturated heterocycles. The molecule has 0 aromatic carbocycles. The Labute approximate surface area is 145 Å². The molecule has 0 amide bonds. The van der Waals surface area contributed by atoms with Gasteiger partial charge < -0.3 is 15.3 Å². The Morgan fingerprint density at radius 1 is 0.917 bits per heavy atom. The third-order valence-corrected chi connectivity index (χ3v) is 3.41. The molecule has 0 aliphatic heterocycles. The van der Waals surface area contributed by atoms with Gasteiger partial charge in [-0.05, 0) is 32.1 Å². The van der Waals surface area contributed by atoms with Gasteiger partial charge in [-0.25, -0.2) is 0 Å². The second-order valence-corrected chi connectivity index (χ2v) is 5.78. The quantitative estimate of drug-likeness (QED) is 0.253. The number of aliphatic hydroxyl groups excluding tert-OH is 2. The smallest absolute Gasteiger partial charge is 0.303 e. The summed E-state index contributed by atoms with van der Waals surface area (Å²) in [7, 11) is 0. The molecule has 0 radical (unpaired) electrons. The van der Waals surface area contributed by atoms with Gasteiger partial charge in [0.15, 0.2) is 0 Å². The molecular weight excluding hydrogens is 304 g/mol. The van der Waals surface area contributed by atoms with Gasteiger partial charge in [0.05, 0.1) is 12.2 Å². The first-order chi connectivity index (χ1) is 11.6. The third kappa shape index (κ3) is 16.7. The van der Waals surface area contributed by atoms with Gasteiger partial charge in [-0.2, -0.15) is 0 Å². The lowest BCUT2D eigenvalue weighted by Crippen LogP contribution is -2.03. The Balaban J connectivity index is 3.81. The fraction of sp³-hybridized carbons (Fsp3) is 0.550. The number of rotatable bonds is 14. The number of hydrogen-bond acceptors (Lipinski definition) is 3. The molecule has 0 saturated carbocycles. The van der Waals surface area contributed by atoms with Crippen molar-refractivity contribution < 1.29 is 20.1 Å². The molecule has 0 heterocycles. The van der Waals surface area contributed by atoms with Gasteiger partial charge in [0.1, 0.15) is 0 Å². The zero-order valence-electron chi connectivity index (χ0n) is 14.7. The molecule has 136 valence electrons.